The molecule has 3 atom stereocenters. The third-order valence-corrected chi connectivity index (χ3v) is 6.79. The first kappa shape index (κ1) is 18.9. The molecule has 1 aromatic heterocycles. The Kier molecular flexibility index (Phi) is 4.41. The van der Waals surface area contributed by atoms with Crippen molar-refractivity contribution in [1.82, 2.24) is 14.8 Å². The van der Waals surface area contributed by atoms with E-state index in [0.29, 0.717) is 32.6 Å². The van der Waals surface area contributed by atoms with Gasteiger partial charge in [-0.1, -0.05) is 24.3 Å². The fourth-order valence-corrected chi connectivity index (χ4v) is 4.96. The molecule has 2 bridgehead atoms. The fourth-order valence-electron chi connectivity index (χ4n) is 4.96. The number of likely N-dealkylation sites (tertiary alicyclic amines) is 1. The van der Waals surface area contributed by atoms with Gasteiger partial charge in [0.05, 0.1) is 0 Å². The second-order valence-electron chi connectivity index (χ2n) is 8.50. The first-order valence-electron chi connectivity index (χ1n) is 10.5. The molecule has 0 saturated carbocycles. The van der Waals surface area contributed by atoms with Crippen molar-refractivity contribution in [3.8, 4) is 5.75 Å². The SMILES string of the molecule is CN1C(=O)[C@@H](C(=O)N2CCN(c3ccccn3)CC2)[C@H]2C[C@@]1(C)Oc1ccccc12. The van der Waals surface area contributed by atoms with Crippen LogP contribution in [0.15, 0.2) is 48.7 Å². The van der Waals surface area contributed by atoms with E-state index in [1.807, 2.05) is 54.3 Å². The van der Waals surface area contributed by atoms with Gasteiger partial charge in [-0.15, -0.1) is 0 Å². The van der Waals surface area contributed by atoms with Crippen LogP contribution in [0.2, 0.25) is 0 Å². The predicted molar refractivity (Wildman–Crippen MR) is 112 cm³/mol. The zero-order valence-corrected chi connectivity index (χ0v) is 17.3. The number of hydrogen-bond donors (Lipinski definition) is 0. The Morgan fingerprint density at radius 3 is 2.57 bits per heavy atom. The fraction of sp³-hybridized carbons (Fsp3) is 0.435. The number of amides is 2. The summed E-state index contributed by atoms with van der Waals surface area (Å²) in [6, 6.07) is 13.6. The van der Waals surface area contributed by atoms with Gasteiger partial charge in [0.25, 0.3) is 0 Å². The highest BCUT2D eigenvalue weighted by Crippen LogP contribution is 2.50. The molecule has 0 N–H and O–H groups in total. The Morgan fingerprint density at radius 1 is 1.10 bits per heavy atom. The smallest absolute Gasteiger partial charge is 0.238 e. The molecule has 2 fully saturated rings. The summed E-state index contributed by atoms with van der Waals surface area (Å²) in [5.41, 5.74) is 0.242. The first-order chi connectivity index (χ1) is 14.5. The van der Waals surface area contributed by atoms with Crippen molar-refractivity contribution in [3.63, 3.8) is 0 Å². The number of anilines is 1. The van der Waals surface area contributed by atoms with Crippen LogP contribution < -0.4 is 9.64 Å². The molecule has 156 valence electrons. The van der Waals surface area contributed by atoms with Gasteiger partial charge in [0, 0.05) is 51.8 Å². The monoisotopic (exact) mass is 406 g/mol. The van der Waals surface area contributed by atoms with E-state index in [1.165, 1.54) is 0 Å². The van der Waals surface area contributed by atoms with E-state index in [2.05, 4.69) is 9.88 Å². The minimum atomic E-state index is -0.718. The number of piperazine rings is 1. The van der Waals surface area contributed by atoms with Crippen LogP contribution in [0.25, 0.3) is 0 Å². The molecule has 3 aliphatic rings. The Morgan fingerprint density at radius 2 is 1.83 bits per heavy atom. The number of piperidine rings is 1. The Balaban J connectivity index is 1.39. The van der Waals surface area contributed by atoms with Crippen LogP contribution >= 0.6 is 0 Å². The molecular formula is C23H26N4O3. The van der Waals surface area contributed by atoms with Gasteiger partial charge in [-0.05, 0) is 30.7 Å². The molecule has 1 aromatic carbocycles. The predicted octanol–water partition coefficient (Wildman–Crippen LogP) is 2.10. The summed E-state index contributed by atoms with van der Waals surface area (Å²) in [6.45, 7) is 4.53. The summed E-state index contributed by atoms with van der Waals surface area (Å²) >= 11 is 0. The number of hydrogen-bond acceptors (Lipinski definition) is 5. The van der Waals surface area contributed by atoms with Crippen molar-refractivity contribution < 1.29 is 14.3 Å². The van der Waals surface area contributed by atoms with Crippen molar-refractivity contribution >= 4 is 17.6 Å². The largest absolute Gasteiger partial charge is 0.468 e. The van der Waals surface area contributed by atoms with Crippen LogP contribution in [0.1, 0.15) is 24.8 Å². The number of nitrogens with zero attached hydrogens (tertiary/aromatic N) is 4. The van der Waals surface area contributed by atoms with E-state index in [4.69, 9.17) is 4.74 Å². The van der Waals surface area contributed by atoms with Crippen LogP contribution in [0.5, 0.6) is 5.75 Å². The molecule has 7 heteroatoms. The van der Waals surface area contributed by atoms with E-state index in [-0.39, 0.29) is 17.7 Å². The Bertz CT molecular complexity index is 973. The van der Waals surface area contributed by atoms with Gasteiger partial charge >= 0.3 is 0 Å². The van der Waals surface area contributed by atoms with Gasteiger partial charge in [0.2, 0.25) is 11.8 Å². The third kappa shape index (κ3) is 2.91. The number of carbonyl (C=O) groups is 2. The van der Waals surface area contributed by atoms with Crippen LogP contribution in [-0.2, 0) is 9.59 Å². The molecule has 4 heterocycles. The highest BCUT2D eigenvalue weighted by molar-refractivity contribution is 6.02. The maximum atomic E-state index is 13.6. The maximum Gasteiger partial charge on any atom is 0.238 e. The molecule has 7 nitrogen and oxygen atoms in total. The van der Waals surface area contributed by atoms with Crippen molar-refractivity contribution in [2.75, 3.05) is 38.1 Å². The number of rotatable bonds is 2. The topological polar surface area (TPSA) is 66.0 Å². The van der Waals surface area contributed by atoms with Gasteiger partial charge < -0.3 is 19.4 Å². The molecule has 0 radical (unpaired) electrons. The van der Waals surface area contributed by atoms with Crippen molar-refractivity contribution in [2.24, 2.45) is 5.92 Å². The number of pyridine rings is 1. The maximum absolute atomic E-state index is 13.6. The van der Waals surface area contributed by atoms with Crippen LogP contribution in [-0.4, -0.2) is 65.5 Å². The van der Waals surface area contributed by atoms with E-state index in [9.17, 15) is 9.59 Å². The van der Waals surface area contributed by atoms with Gasteiger partial charge in [-0.2, -0.15) is 0 Å². The van der Waals surface area contributed by atoms with Crippen LogP contribution in [0.3, 0.4) is 0 Å². The summed E-state index contributed by atoms with van der Waals surface area (Å²) in [4.78, 5) is 36.9. The summed E-state index contributed by atoms with van der Waals surface area (Å²) in [6.07, 6.45) is 2.40. The lowest BCUT2D eigenvalue weighted by atomic mass is 9.73. The highest BCUT2D eigenvalue weighted by atomic mass is 16.5. The highest BCUT2D eigenvalue weighted by Gasteiger charge is 2.55. The van der Waals surface area contributed by atoms with Crippen molar-refractivity contribution in [1.29, 1.82) is 0 Å². The quantitative estimate of drug-likeness (QED) is 0.715. The zero-order valence-electron chi connectivity index (χ0n) is 17.3. The molecule has 3 aliphatic heterocycles. The Labute approximate surface area is 176 Å². The number of fused-ring (bicyclic) bond motifs is 4. The number of ether oxygens (including phenoxy) is 1. The number of carbonyl (C=O) groups excluding carboxylic acids is 2. The molecule has 30 heavy (non-hydrogen) atoms. The summed E-state index contributed by atoms with van der Waals surface area (Å²) < 4.78 is 6.18. The van der Waals surface area contributed by atoms with Gasteiger partial charge in [-0.3, -0.25) is 9.59 Å². The molecule has 5 rings (SSSR count). The molecule has 2 amide bonds. The molecule has 2 aromatic rings. The lowest BCUT2D eigenvalue weighted by Gasteiger charge is -2.52. The van der Waals surface area contributed by atoms with E-state index in [0.717, 1.165) is 17.1 Å². The second-order valence-corrected chi connectivity index (χ2v) is 8.50. The molecule has 0 spiro atoms. The van der Waals surface area contributed by atoms with E-state index in [1.54, 1.807) is 18.1 Å². The van der Waals surface area contributed by atoms with E-state index < -0.39 is 11.6 Å². The second kappa shape index (κ2) is 7.00. The van der Waals surface area contributed by atoms with Crippen LogP contribution in [0, 0.1) is 5.92 Å². The summed E-state index contributed by atoms with van der Waals surface area (Å²) in [5.74, 6) is 0.608. The van der Waals surface area contributed by atoms with E-state index >= 15 is 0 Å². The average molecular weight is 406 g/mol. The first-order valence-corrected chi connectivity index (χ1v) is 10.5. The average Bonchev–Trinajstić information content (AvgIpc) is 2.78. The minimum absolute atomic E-state index is 0.0729. The summed E-state index contributed by atoms with van der Waals surface area (Å²) in [7, 11) is 1.74. The molecule has 2 saturated heterocycles. The lowest BCUT2D eigenvalue weighted by Crippen LogP contribution is -2.64. The number of para-hydroxylation sites is 1. The standard InChI is InChI=1S/C23H26N4O3/c1-23-15-17(16-7-3-4-8-18(16)30-23)20(21(28)25(23)2)22(29)27-13-11-26(12-14-27)19-9-5-6-10-24-19/h3-10,17,20H,11-15H2,1-2H3/t17-,20-,23+/m0/s1. The lowest BCUT2D eigenvalue weighted by molar-refractivity contribution is -0.174. The molecule has 0 unspecified atom stereocenters. The third-order valence-electron chi connectivity index (χ3n) is 6.79. The van der Waals surface area contributed by atoms with Gasteiger partial charge in [-0.25, -0.2) is 4.98 Å². The number of benzene rings is 1. The van der Waals surface area contributed by atoms with Gasteiger partial charge in [0.1, 0.15) is 17.5 Å². The number of aromatic nitrogens is 1. The van der Waals surface area contributed by atoms with Crippen molar-refractivity contribution in [2.45, 2.75) is 25.0 Å². The van der Waals surface area contributed by atoms with Crippen molar-refractivity contribution in [3.05, 3.63) is 54.2 Å². The zero-order chi connectivity index (χ0) is 20.9. The molecule has 0 aliphatic carbocycles. The van der Waals surface area contributed by atoms with Gasteiger partial charge in [0.15, 0.2) is 5.72 Å². The normalized spacial score (nSPS) is 28.1. The van der Waals surface area contributed by atoms with Crippen LogP contribution in [0.4, 0.5) is 5.82 Å². The minimum Gasteiger partial charge on any atom is -0.468 e. The summed E-state index contributed by atoms with van der Waals surface area (Å²) in [5, 5.41) is 0. The Hall–Kier alpha value is -3.09. The molecular weight excluding hydrogens is 380 g/mol.